The third-order valence-corrected chi connectivity index (χ3v) is 4.78. The van der Waals surface area contributed by atoms with Crippen LogP contribution in [0.4, 0.5) is 5.13 Å². The van der Waals surface area contributed by atoms with Gasteiger partial charge >= 0.3 is 0 Å². The predicted octanol–water partition coefficient (Wildman–Crippen LogP) is 3.11. The van der Waals surface area contributed by atoms with Crippen molar-refractivity contribution in [2.75, 3.05) is 38.1 Å². The Balaban J connectivity index is 0.00000264. The van der Waals surface area contributed by atoms with Gasteiger partial charge in [0.25, 0.3) is 0 Å². The van der Waals surface area contributed by atoms with Crippen LogP contribution in [0, 0.1) is 5.92 Å². The summed E-state index contributed by atoms with van der Waals surface area (Å²) in [5, 5.41) is 10.1. The minimum atomic E-state index is 0. The molecule has 2 N–H and O–H groups in total. The molecule has 0 aromatic carbocycles. The van der Waals surface area contributed by atoms with E-state index >= 15 is 0 Å². The van der Waals surface area contributed by atoms with Crippen molar-refractivity contribution in [3.8, 4) is 0 Å². The number of rotatable bonds is 7. The molecule has 7 heteroatoms. The van der Waals surface area contributed by atoms with Crippen LogP contribution in [0.2, 0.25) is 0 Å². The van der Waals surface area contributed by atoms with Gasteiger partial charge < -0.3 is 15.5 Å². The van der Waals surface area contributed by atoms with E-state index in [4.69, 9.17) is 4.98 Å². The predicted molar refractivity (Wildman–Crippen MR) is 111 cm³/mol. The SMILES string of the molecule is CN=C(NCCc1csc(N2CCCC2)n1)NCCC(C)C.I. The Morgan fingerprint density at radius 3 is 2.65 bits per heavy atom. The highest BCUT2D eigenvalue weighted by Gasteiger charge is 2.15. The number of nitrogens with one attached hydrogen (secondary N) is 2. The smallest absolute Gasteiger partial charge is 0.190 e. The normalized spacial score (nSPS) is 15.0. The molecule has 0 amide bonds. The number of hydrogen-bond acceptors (Lipinski definition) is 4. The molecule has 0 aliphatic carbocycles. The molecule has 0 bridgehead atoms. The zero-order valence-electron chi connectivity index (χ0n) is 14.5. The third-order valence-electron chi connectivity index (χ3n) is 3.83. The van der Waals surface area contributed by atoms with Gasteiger partial charge in [0.15, 0.2) is 11.1 Å². The molecule has 1 fully saturated rings. The van der Waals surface area contributed by atoms with Gasteiger partial charge in [-0.05, 0) is 25.2 Å². The van der Waals surface area contributed by atoms with Crippen molar-refractivity contribution in [1.29, 1.82) is 0 Å². The van der Waals surface area contributed by atoms with Crippen LogP contribution in [0.3, 0.4) is 0 Å². The van der Waals surface area contributed by atoms with Crippen molar-refractivity contribution < 1.29 is 0 Å². The highest BCUT2D eigenvalue weighted by atomic mass is 127. The molecule has 5 nitrogen and oxygen atoms in total. The molecule has 0 radical (unpaired) electrons. The summed E-state index contributed by atoms with van der Waals surface area (Å²) in [5.74, 6) is 1.60. The summed E-state index contributed by atoms with van der Waals surface area (Å²) in [6.45, 7) is 8.63. The number of guanidine groups is 1. The Morgan fingerprint density at radius 1 is 1.30 bits per heavy atom. The quantitative estimate of drug-likeness (QED) is 0.380. The van der Waals surface area contributed by atoms with E-state index < -0.39 is 0 Å². The first-order valence-electron chi connectivity index (χ1n) is 8.33. The number of anilines is 1. The van der Waals surface area contributed by atoms with Gasteiger partial charge in [-0.2, -0.15) is 0 Å². The van der Waals surface area contributed by atoms with Gasteiger partial charge in [-0.3, -0.25) is 4.99 Å². The van der Waals surface area contributed by atoms with Crippen LogP contribution in [-0.2, 0) is 6.42 Å². The number of aliphatic imine (C=N–C) groups is 1. The first kappa shape index (κ1) is 20.5. The lowest BCUT2D eigenvalue weighted by molar-refractivity contribution is 0.573. The van der Waals surface area contributed by atoms with Gasteiger partial charge in [0.2, 0.25) is 0 Å². The standard InChI is InChI=1S/C16H29N5S.HI/c1-13(2)6-8-18-15(17-3)19-9-7-14-12-22-16(20-14)21-10-4-5-11-21;/h12-13H,4-11H2,1-3H3,(H2,17,18,19);1H. The van der Waals surface area contributed by atoms with E-state index in [2.05, 4.69) is 39.8 Å². The molecule has 0 unspecified atom stereocenters. The summed E-state index contributed by atoms with van der Waals surface area (Å²) in [4.78, 5) is 11.4. The molecule has 132 valence electrons. The highest BCUT2D eigenvalue weighted by Crippen LogP contribution is 2.24. The second-order valence-electron chi connectivity index (χ2n) is 6.17. The van der Waals surface area contributed by atoms with Crippen LogP contribution < -0.4 is 15.5 Å². The first-order valence-corrected chi connectivity index (χ1v) is 9.21. The molecule has 1 aliphatic heterocycles. The van der Waals surface area contributed by atoms with Crippen molar-refractivity contribution >= 4 is 46.4 Å². The Kier molecular flexibility index (Phi) is 9.85. The summed E-state index contributed by atoms with van der Waals surface area (Å²) in [6.07, 6.45) is 4.70. The van der Waals surface area contributed by atoms with E-state index in [0.717, 1.165) is 45.0 Å². The molecule has 1 aromatic heterocycles. The summed E-state index contributed by atoms with van der Waals surface area (Å²) < 4.78 is 0. The average Bonchev–Trinajstić information content (AvgIpc) is 3.16. The minimum Gasteiger partial charge on any atom is -0.356 e. The van der Waals surface area contributed by atoms with E-state index in [1.165, 1.54) is 23.7 Å². The Bertz CT molecular complexity index is 469. The van der Waals surface area contributed by atoms with Crippen LogP contribution >= 0.6 is 35.3 Å². The fourth-order valence-corrected chi connectivity index (χ4v) is 3.39. The van der Waals surface area contributed by atoms with Gasteiger partial charge in [0.1, 0.15) is 0 Å². The van der Waals surface area contributed by atoms with E-state index in [1.807, 2.05) is 7.05 Å². The molecule has 0 spiro atoms. The zero-order chi connectivity index (χ0) is 15.8. The lowest BCUT2D eigenvalue weighted by Gasteiger charge is -2.13. The summed E-state index contributed by atoms with van der Waals surface area (Å²) in [7, 11) is 1.82. The molecular weight excluding hydrogens is 421 g/mol. The topological polar surface area (TPSA) is 52.6 Å². The third kappa shape index (κ3) is 7.24. The van der Waals surface area contributed by atoms with Gasteiger partial charge in [0, 0.05) is 45.0 Å². The number of thiazole rings is 1. The fraction of sp³-hybridized carbons (Fsp3) is 0.750. The Morgan fingerprint density at radius 2 is 2.00 bits per heavy atom. The Labute approximate surface area is 161 Å². The summed E-state index contributed by atoms with van der Waals surface area (Å²) in [5.41, 5.74) is 1.18. The van der Waals surface area contributed by atoms with Crippen molar-refractivity contribution in [2.24, 2.45) is 10.9 Å². The van der Waals surface area contributed by atoms with Crippen LogP contribution in [-0.4, -0.2) is 44.2 Å². The highest BCUT2D eigenvalue weighted by molar-refractivity contribution is 14.0. The van der Waals surface area contributed by atoms with Gasteiger partial charge in [-0.25, -0.2) is 4.98 Å². The molecule has 1 aliphatic rings. The van der Waals surface area contributed by atoms with Crippen molar-refractivity contribution in [2.45, 2.75) is 39.5 Å². The van der Waals surface area contributed by atoms with E-state index in [-0.39, 0.29) is 24.0 Å². The van der Waals surface area contributed by atoms with Crippen molar-refractivity contribution in [3.63, 3.8) is 0 Å². The minimum absolute atomic E-state index is 0. The molecule has 2 heterocycles. The number of aromatic nitrogens is 1. The van der Waals surface area contributed by atoms with Crippen LogP contribution in [0.25, 0.3) is 0 Å². The molecule has 23 heavy (non-hydrogen) atoms. The fourth-order valence-electron chi connectivity index (χ4n) is 2.47. The van der Waals surface area contributed by atoms with E-state index in [9.17, 15) is 0 Å². The summed E-state index contributed by atoms with van der Waals surface area (Å²) in [6, 6.07) is 0. The van der Waals surface area contributed by atoms with Gasteiger partial charge in [-0.1, -0.05) is 13.8 Å². The van der Waals surface area contributed by atoms with Crippen LogP contribution in [0.15, 0.2) is 10.4 Å². The van der Waals surface area contributed by atoms with Gasteiger partial charge in [-0.15, -0.1) is 35.3 Å². The van der Waals surface area contributed by atoms with E-state index in [1.54, 1.807) is 11.3 Å². The average molecular weight is 451 g/mol. The second-order valence-corrected chi connectivity index (χ2v) is 7.01. The molecular formula is C16H30IN5S. The maximum Gasteiger partial charge on any atom is 0.190 e. The lowest BCUT2D eigenvalue weighted by atomic mass is 10.1. The van der Waals surface area contributed by atoms with Crippen LogP contribution in [0.5, 0.6) is 0 Å². The van der Waals surface area contributed by atoms with Gasteiger partial charge in [0.05, 0.1) is 5.69 Å². The monoisotopic (exact) mass is 451 g/mol. The zero-order valence-corrected chi connectivity index (χ0v) is 17.6. The Hall–Kier alpha value is -0.570. The first-order chi connectivity index (χ1) is 10.7. The van der Waals surface area contributed by atoms with Crippen molar-refractivity contribution in [3.05, 3.63) is 11.1 Å². The number of halogens is 1. The maximum atomic E-state index is 4.74. The molecule has 0 atom stereocenters. The second kappa shape index (κ2) is 11.1. The van der Waals surface area contributed by atoms with Crippen LogP contribution in [0.1, 0.15) is 38.8 Å². The molecule has 2 rings (SSSR count). The largest absolute Gasteiger partial charge is 0.356 e. The molecule has 1 aromatic rings. The lowest BCUT2D eigenvalue weighted by Crippen LogP contribution is -2.39. The van der Waals surface area contributed by atoms with E-state index in [0.29, 0.717) is 5.92 Å². The molecule has 0 saturated carbocycles. The number of nitrogens with zero attached hydrogens (tertiary/aromatic N) is 3. The summed E-state index contributed by atoms with van der Waals surface area (Å²) >= 11 is 1.77. The number of hydrogen-bond donors (Lipinski definition) is 2. The maximum absolute atomic E-state index is 4.74. The van der Waals surface area contributed by atoms with Crippen molar-refractivity contribution in [1.82, 2.24) is 15.6 Å². The molecule has 1 saturated heterocycles.